The molecule has 1 aliphatic heterocycles. The van der Waals surface area contributed by atoms with Gasteiger partial charge in [-0.25, -0.2) is 9.38 Å². The monoisotopic (exact) mass is 345 g/mol. The topological polar surface area (TPSA) is 96.3 Å². The van der Waals surface area contributed by atoms with Crippen LogP contribution in [-0.2, 0) is 9.59 Å². The summed E-state index contributed by atoms with van der Waals surface area (Å²) in [5.41, 5.74) is 6.66. The Labute approximate surface area is 143 Å². The minimum absolute atomic E-state index is 0.0157. The zero-order chi connectivity index (χ0) is 17.9. The molecule has 0 spiro atoms. The SMILES string of the molecule is CC(=O)C1C(C)=NC(SCC(N)=O)=C(C#N)[C@@H]1c1ccc(F)cc1. The largest absolute Gasteiger partial charge is 0.369 e. The van der Waals surface area contributed by atoms with Crippen LogP contribution in [0, 0.1) is 23.1 Å². The van der Waals surface area contributed by atoms with Gasteiger partial charge in [-0.2, -0.15) is 5.26 Å². The number of nitrogens with zero attached hydrogens (tertiary/aromatic N) is 2. The summed E-state index contributed by atoms with van der Waals surface area (Å²) in [6.07, 6.45) is 0. The summed E-state index contributed by atoms with van der Waals surface area (Å²) in [5.74, 6) is -2.21. The van der Waals surface area contributed by atoms with Crippen LogP contribution in [0.2, 0.25) is 0 Å². The molecule has 0 fully saturated rings. The van der Waals surface area contributed by atoms with E-state index in [2.05, 4.69) is 11.1 Å². The first kappa shape index (κ1) is 17.9. The van der Waals surface area contributed by atoms with E-state index in [9.17, 15) is 19.2 Å². The molecular formula is C17H16FN3O2S. The van der Waals surface area contributed by atoms with Gasteiger partial charge in [-0.05, 0) is 31.5 Å². The Morgan fingerprint density at radius 2 is 2.00 bits per heavy atom. The molecule has 1 aromatic carbocycles. The Balaban J connectivity index is 2.57. The molecule has 0 bridgehead atoms. The fraction of sp³-hybridized carbons (Fsp3) is 0.294. The molecule has 1 amide bonds. The smallest absolute Gasteiger partial charge is 0.227 e. The number of hydrogen-bond donors (Lipinski definition) is 1. The Morgan fingerprint density at radius 3 is 2.50 bits per heavy atom. The maximum Gasteiger partial charge on any atom is 0.227 e. The Bertz CT molecular complexity index is 778. The lowest BCUT2D eigenvalue weighted by molar-refractivity contribution is -0.119. The summed E-state index contributed by atoms with van der Waals surface area (Å²) < 4.78 is 13.2. The molecule has 0 aliphatic carbocycles. The second kappa shape index (κ2) is 7.41. The number of rotatable bonds is 5. The fourth-order valence-electron chi connectivity index (χ4n) is 2.76. The van der Waals surface area contributed by atoms with Crippen molar-refractivity contribution < 1.29 is 14.0 Å². The van der Waals surface area contributed by atoms with E-state index in [1.54, 1.807) is 19.1 Å². The van der Waals surface area contributed by atoms with Gasteiger partial charge in [0.2, 0.25) is 5.91 Å². The minimum atomic E-state index is -0.594. The minimum Gasteiger partial charge on any atom is -0.369 e. The second-order valence-corrected chi connectivity index (χ2v) is 6.42. The van der Waals surface area contributed by atoms with E-state index >= 15 is 0 Å². The number of Topliss-reactive ketones (excluding diaryl/α,β-unsaturated/α-hetero) is 1. The zero-order valence-electron chi connectivity index (χ0n) is 13.2. The zero-order valence-corrected chi connectivity index (χ0v) is 14.1. The van der Waals surface area contributed by atoms with Crippen LogP contribution >= 0.6 is 11.8 Å². The third-order valence-electron chi connectivity index (χ3n) is 3.74. The van der Waals surface area contributed by atoms with Gasteiger partial charge < -0.3 is 5.73 Å². The first-order valence-corrected chi connectivity index (χ1v) is 8.20. The van der Waals surface area contributed by atoms with E-state index < -0.39 is 23.6 Å². The van der Waals surface area contributed by atoms with Crippen molar-refractivity contribution in [1.82, 2.24) is 0 Å². The molecule has 2 atom stereocenters. The standard InChI is InChI=1S/C17H16FN3O2S/c1-9-15(10(2)22)16(11-3-5-12(18)6-4-11)13(7-19)17(21-9)24-8-14(20)23/h3-6,15-16H,8H2,1-2H3,(H2,20,23)/t15?,16-/m0/s1. The molecule has 1 aromatic rings. The average molecular weight is 345 g/mol. The molecule has 7 heteroatoms. The van der Waals surface area contributed by atoms with E-state index in [4.69, 9.17) is 5.73 Å². The Hall–Kier alpha value is -2.46. The number of aliphatic imine (C=N–C) groups is 1. The number of halogens is 1. The molecule has 1 heterocycles. The number of allylic oxidation sites excluding steroid dienone is 1. The number of carbonyl (C=O) groups excluding carboxylic acids is 2. The van der Waals surface area contributed by atoms with Crippen LogP contribution in [0.3, 0.4) is 0 Å². The highest BCUT2D eigenvalue weighted by Gasteiger charge is 2.37. The normalized spacial score (nSPS) is 20.3. The molecule has 24 heavy (non-hydrogen) atoms. The number of nitriles is 1. The van der Waals surface area contributed by atoms with E-state index in [-0.39, 0.29) is 11.5 Å². The van der Waals surface area contributed by atoms with Crippen LogP contribution in [0.1, 0.15) is 25.3 Å². The first-order chi connectivity index (χ1) is 11.3. The van der Waals surface area contributed by atoms with Crippen molar-refractivity contribution in [3.8, 4) is 6.07 Å². The molecule has 5 nitrogen and oxygen atoms in total. The number of carbonyl (C=O) groups is 2. The average Bonchev–Trinajstić information content (AvgIpc) is 2.52. The number of hydrogen-bond acceptors (Lipinski definition) is 5. The third-order valence-corrected chi connectivity index (χ3v) is 4.75. The Kier molecular flexibility index (Phi) is 5.52. The van der Waals surface area contributed by atoms with Gasteiger partial charge in [-0.3, -0.25) is 9.59 Å². The van der Waals surface area contributed by atoms with E-state index in [0.29, 0.717) is 21.9 Å². The lowest BCUT2D eigenvalue weighted by Gasteiger charge is -2.30. The van der Waals surface area contributed by atoms with E-state index in [1.807, 2.05) is 0 Å². The van der Waals surface area contributed by atoms with Crippen LogP contribution < -0.4 is 5.73 Å². The molecular weight excluding hydrogens is 329 g/mol. The van der Waals surface area contributed by atoms with Gasteiger partial charge in [0, 0.05) is 11.6 Å². The number of benzene rings is 1. The molecule has 1 unspecified atom stereocenters. The predicted molar refractivity (Wildman–Crippen MR) is 90.7 cm³/mol. The van der Waals surface area contributed by atoms with Crippen LogP contribution in [0.5, 0.6) is 0 Å². The molecule has 0 saturated carbocycles. The van der Waals surface area contributed by atoms with Gasteiger partial charge >= 0.3 is 0 Å². The van der Waals surface area contributed by atoms with E-state index in [0.717, 1.165) is 11.8 Å². The maximum atomic E-state index is 13.2. The molecule has 0 radical (unpaired) electrons. The van der Waals surface area contributed by atoms with Crippen molar-refractivity contribution in [2.24, 2.45) is 16.6 Å². The van der Waals surface area contributed by atoms with Crippen molar-refractivity contribution in [1.29, 1.82) is 5.26 Å². The summed E-state index contributed by atoms with van der Waals surface area (Å²) in [7, 11) is 0. The second-order valence-electron chi connectivity index (χ2n) is 5.46. The fourth-order valence-corrected chi connectivity index (χ4v) is 3.57. The van der Waals surface area contributed by atoms with Gasteiger partial charge in [-0.15, -0.1) is 0 Å². The molecule has 0 aromatic heterocycles. The van der Waals surface area contributed by atoms with Crippen LogP contribution in [0.15, 0.2) is 39.9 Å². The van der Waals surface area contributed by atoms with Crippen molar-refractivity contribution in [2.45, 2.75) is 19.8 Å². The van der Waals surface area contributed by atoms with Gasteiger partial charge in [0.15, 0.2) is 0 Å². The van der Waals surface area contributed by atoms with Crippen LogP contribution in [-0.4, -0.2) is 23.2 Å². The van der Waals surface area contributed by atoms with E-state index in [1.165, 1.54) is 19.1 Å². The van der Waals surface area contributed by atoms with Crippen LogP contribution in [0.25, 0.3) is 0 Å². The van der Waals surface area contributed by atoms with Gasteiger partial charge in [0.05, 0.1) is 23.3 Å². The van der Waals surface area contributed by atoms with Crippen molar-refractivity contribution >= 4 is 29.2 Å². The summed E-state index contributed by atoms with van der Waals surface area (Å²) in [6.45, 7) is 3.15. The quantitative estimate of drug-likeness (QED) is 0.887. The summed E-state index contributed by atoms with van der Waals surface area (Å²) in [6, 6.07) is 7.80. The number of nitrogens with two attached hydrogens (primary N) is 1. The molecule has 1 aliphatic rings. The van der Waals surface area contributed by atoms with Crippen molar-refractivity contribution in [3.05, 3.63) is 46.2 Å². The number of primary amides is 1. The van der Waals surface area contributed by atoms with Gasteiger partial charge in [-0.1, -0.05) is 23.9 Å². The molecule has 2 rings (SSSR count). The van der Waals surface area contributed by atoms with Crippen molar-refractivity contribution in [2.75, 3.05) is 5.75 Å². The van der Waals surface area contributed by atoms with Gasteiger partial charge in [0.25, 0.3) is 0 Å². The summed E-state index contributed by atoms with van der Waals surface area (Å²) in [5, 5.41) is 9.98. The third kappa shape index (κ3) is 3.71. The number of amides is 1. The molecule has 0 saturated heterocycles. The summed E-state index contributed by atoms with van der Waals surface area (Å²) >= 11 is 1.07. The summed E-state index contributed by atoms with van der Waals surface area (Å²) in [4.78, 5) is 27.5. The van der Waals surface area contributed by atoms with Gasteiger partial charge in [0.1, 0.15) is 16.6 Å². The molecule has 2 N–H and O–H groups in total. The highest BCUT2D eigenvalue weighted by molar-refractivity contribution is 8.03. The number of thioether (sulfide) groups is 1. The highest BCUT2D eigenvalue weighted by atomic mass is 32.2. The lowest BCUT2D eigenvalue weighted by atomic mass is 9.75. The lowest BCUT2D eigenvalue weighted by Crippen LogP contribution is -2.31. The highest BCUT2D eigenvalue weighted by Crippen LogP contribution is 2.42. The van der Waals surface area contributed by atoms with Crippen molar-refractivity contribution in [3.63, 3.8) is 0 Å². The molecule has 124 valence electrons. The predicted octanol–water partition coefficient (Wildman–Crippen LogP) is 2.54. The number of ketones is 1. The Morgan fingerprint density at radius 1 is 1.38 bits per heavy atom. The maximum absolute atomic E-state index is 13.2. The van der Waals surface area contributed by atoms with Crippen LogP contribution in [0.4, 0.5) is 4.39 Å². The first-order valence-electron chi connectivity index (χ1n) is 7.21.